The van der Waals surface area contributed by atoms with E-state index in [0.717, 1.165) is 28.8 Å². The molecule has 1 N–H and O–H groups in total. The number of hydrogen-bond acceptors (Lipinski definition) is 3. The Balaban J connectivity index is 2.18. The third-order valence-electron chi connectivity index (χ3n) is 2.93. The molecule has 0 fully saturated rings. The van der Waals surface area contributed by atoms with Crippen LogP contribution in [0, 0.1) is 29.8 Å². The van der Waals surface area contributed by atoms with E-state index in [9.17, 15) is 14.5 Å². The van der Waals surface area contributed by atoms with E-state index in [1.165, 1.54) is 6.07 Å². The van der Waals surface area contributed by atoms with Gasteiger partial charge in [0, 0.05) is 18.7 Å². The molecule has 20 heavy (non-hydrogen) atoms. The topological polar surface area (TPSA) is 55.2 Å². The van der Waals surface area contributed by atoms with Crippen molar-refractivity contribution in [3.05, 3.63) is 69.0 Å². The molecule has 0 amide bonds. The number of nitro benzene ring substituents is 1. The van der Waals surface area contributed by atoms with E-state index in [1.807, 2.05) is 26.0 Å². The smallest absolute Gasteiger partial charge is 0.271 e. The molecule has 0 radical (unpaired) electrons. The Kier molecular flexibility index (Phi) is 3.98. The molecule has 2 aromatic rings. The molecule has 0 spiro atoms. The van der Waals surface area contributed by atoms with E-state index in [4.69, 9.17) is 0 Å². The van der Waals surface area contributed by atoms with Crippen molar-refractivity contribution in [2.24, 2.45) is 0 Å². The Hall–Kier alpha value is -2.43. The fraction of sp³-hybridized carbons (Fsp3) is 0.200. The highest BCUT2D eigenvalue weighted by atomic mass is 19.1. The minimum Gasteiger partial charge on any atom is -0.378 e. The first-order chi connectivity index (χ1) is 9.45. The molecule has 0 atom stereocenters. The SMILES string of the molecule is Cc1cc(C)cc(CNc2cc([N+](=O)[O-])ccc2F)c1. The highest BCUT2D eigenvalue weighted by Crippen LogP contribution is 2.22. The normalized spacial score (nSPS) is 10.3. The number of halogens is 1. The molecule has 104 valence electrons. The van der Waals surface area contributed by atoms with Crippen molar-refractivity contribution >= 4 is 11.4 Å². The van der Waals surface area contributed by atoms with E-state index < -0.39 is 10.7 Å². The lowest BCUT2D eigenvalue weighted by atomic mass is 10.1. The van der Waals surface area contributed by atoms with Crippen LogP contribution in [0.25, 0.3) is 0 Å². The molecular weight excluding hydrogens is 259 g/mol. The Morgan fingerprint density at radius 3 is 2.40 bits per heavy atom. The van der Waals surface area contributed by atoms with Gasteiger partial charge in [0.25, 0.3) is 5.69 Å². The summed E-state index contributed by atoms with van der Waals surface area (Å²) in [5.74, 6) is -0.500. The van der Waals surface area contributed by atoms with Gasteiger partial charge in [0.2, 0.25) is 0 Å². The zero-order valence-corrected chi connectivity index (χ0v) is 11.3. The van der Waals surface area contributed by atoms with Crippen molar-refractivity contribution in [3.63, 3.8) is 0 Å². The van der Waals surface area contributed by atoms with Crippen LogP contribution in [0.1, 0.15) is 16.7 Å². The maximum Gasteiger partial charge on any atom is 0.271 e. The van der Waals surface area contributed by atoms with Crippen molar-refractivity contribution in [2.45, 2.75) is 20.4 Å². The number of rotatable bonds is 4. The van der Waals surface area contributed by atoms with Gasteiger partial charge >= 0.3 is 0 Å². The van der Waals surface area contributed by atoms with Crippen LogP contribution in [-0.2, 0) is 6.54 Å². The zero-order chi connectivity index (χ0) is 14.7. The number of nitrogens with one attached hydrogen (secondary N) is 1. The second kappa shape index (κ2) is 5.69. The summed E-state index contributed by atoms with van der Waals surface area (Å²) in [5, 5.41) is 13.6. The largest absolute Gasteiger partial charge is 0.378 e. The second-order valence-corrected chi connectivity index (χ2v) is 4.77. The van der Waals surface area contributed by atoms with E-state index in [0.29, 0.717) is 6.54 Å². The van der Waals surface area contributed by atoms with Crippen LogP contribution >= 0.6 is 0 Å². The fourth-order valence-corrected chi connectivity index (χ4v) is 2.13. The Morgan fingerprint density at radius 2 is 1.80 bits per heavy atom. The quantitative estimate of drug-likeness (QED) is 0.678. The maximum absolute atomic E-state index is 13.6. The number of aryl methyl sites for hydroxylation is 2. The number of nitrogens with zero attached hydrogens (tertiary/aromatic N) is 1. The summed E-state index contributed by atoms with van der Waals surface area (Å²) in [6.07, 6.45) is 0. The minimum atomic E-state index is -0.540. The summed E-state index contributed by atoms with van der Waals surface area (Å²) in [6, 6.07) is 9.50. The van der Waals surface area contributed by atoms with Gasteiger partial charge in [-0.25, -0.2) is 4.39 Å². The summed E-state index contributed by atoms with van der Waals surface area (Å²) >= 11 is 0. The van der Waals surface area contributed by atoms with Crippen molar-refractivity contribution in [1.82, 2.24) is 0 Å². The van der Waals surface area contributed by atoms with Gasteiger partial charge in [-0.2, -0.15) is 0 Å². The monoisotopic (exact) mass is 274 g/mol. The van der Waals surface area contributed by atoms with Gasteiger partial charge in [0.05, 0.1) is 10.6 Å². The zero-order valence-electron chi connectivity index (χ0n) is 11.3. The molecule has 2 rings (SSSR count). The third kappa shape index (κ3) is 3.32. The predicted octanol–water partition coefficient (Wildman–Crippen LogP) is 3.96. The van der Waals surface area contributed by atoms with Crippen molar-refractivity contribution in [2.75, 3.05) is 5.32 Å². The van der Waals surface area contributed by atoms with Crippen molar-refractivity contribution in [1.29, 1.82) is 0 Å². The Morgan fingerprint density at radius 1 is 1.15 bits per heavy atom. The number of non-ortho nitro benzene ring substituents is 1. The van der Waals surface area contributed by atoms with Gasteiger partial charge < -0.3 is 5.32 Å². The summed E-state index contributed by atoms with van der Waals surface area (Å²) < 4.78 is 13.6. The van der Waals surface area contributed by atoms with Crippen LogP contribution in [0.2, 0.25) is 0 Å². The molecule has 0 heterocycles. The second-order valence-electron chi connectivity index (χ2n) is 4.77. The van der Waals surface area contributed by atoms with Crippen molar-refractivity contribution < 1.29 is 9.31 Å². The van der Waals surface area contributed by atoms with Crippen LogP contribution in [0.4, 0.5) is 15.8 Å². The molecule has 0 aromatic heterocycles. The summed E-state index contributed by atoms with van der Waals surface area (Å²) in [6.45, 7) is 4.40. The molecule has 0 aliphatic rings. The number of hydrogen-bond donors (Lipinski definition) is 1. The van der Waals surface area contributed by atoms with Gasteiger partial charge in [-0.1, -0.05) is 29.3 Å². The summed E-state index contributed by atoms with van der Waals surface area (Å²) in [4.78, 5) is 10.1. The molecule has 0 unspecified atom stereocenters. The van der Waals surface area contributed by atoms with Crippen LogP contribution < -0.4 is 5.32 Å². The summed E-state index contributed by atoms with van der Waals surface area (Å²) in [7, 11) is 0. The number of benzene rings is 2. The number of nitro groups is 1. The highest BCUT2D eigenvalue weighted by Gasteiger charge is 2.10. The molecule has 5 heteroatoms. The molecule has 4 nitrogen and oxygen atoms in total. The average molecular weight is 274 g/mol. The van der Waals surface area contributed by atoms with E-state index in [1.54, 1.807) is 0 Å². The first-order valence-corrected chi connectivity index (χ1v) is 6.20. The first-order valence-electron chi connectivity index (χ1n) is 6.20. The van der Waals surface area contributed by atoms with Gasteiger partial charge in [-0.3, -0.25) is 10.1 Å². The van der Waals surface area contributed by atoms with Gasteiger partial charge in [0.15, 0.2) is 0 Å². The molecule has 2 aromatic carbocycles. The molecular formula is C15H15FN2O2. The lowest BCUT2D eigenvalue weighted by Gasteiger charge is -2.09. The highest BCUT2D eigenvalue weighted by molar-refractivity contribution is 5.52. The average Bonchev–Trinajstić information content (AvgIpc) is 2.36. The Labute approximate surface area is 116 Å². The molecule has 0 aliphatic carbocycles. The standard InChI is InChI=1S/C15H15FN2O2/c1-10-5-11(2)7-12(6-10)9-17-15-8-13(18(19)20)3-4-14(15)16/h3-8,17H,9H2,1-2H3. The number of anilines is 1. The van der Waals surface area contributed by atoms with Crippen molar-refractivity contribution in [3.8, 4) is 0 Å². The third-order valence-corrected chi connectivity index (χ3v) is 2.93. The molecule has 0 saturated heterocycles. The minimum absolute atomic E-state index is 0.130. The van der Waals surface area contributed by atoms with E-state index in [2.05, 4.69) is 11.4 Å². The summed E-state index contributed by atoms with van der Waals surface area (Å²) in [5.41, 5.74) is 3.27. The van der Waals surface area contributed by atoms with Crippen LogP contribution in [0.15, 0.2) is 36.4 Å². The van der Waals surface area contributed by atoms with Crippen LogP contribution in [0.3, 0.4) is 0 Å². The molecule has 0 saturated carbocycles. The lowest BCUT2D eigenvalue weighted by molar-refractivity contribution is -0.384. The van der Waals surface area contributed by atoms with Gasteiger partial charge in [0.1, 0.15) is 5.82 Å². The van der Waals surface area contributed by atoms with Gasteiger partial charge in [-0.15, -0.1) is 0 Å². The predicted molar refractivity (Wildman–Crippen MR) is 76.3 cm³/mol. The molecule has 0 aliphatic heterocycles. The lowest BCUT2D eigenvalue weighted by Crippen LogP contribution is -2.03. The Bertz CT molecular complexity index is 636. The molecule has 0 bridgehead atoms. The maximum atomic E-state index is 13.6. The van der Waals surface area contributed by atoms with E-state index >= 15 is 0 Å². The van der Waals surface area contributed by atoms with E-state index in [-0.39, 0.29) is 11.4 Å². The fourth-order valence-electron chi connectivity index (χ4n) is 2.13. The first kappa shape index (κ1) is 14.0. The van der Waals surface area contributed by atoms with Crippen LogP contribution in [0.5, 0.6) is 0 Å². The van der Waals surface area contributed by atoms with Gasteiger partial charge in [-0.05, 0) is 25.5 Å². The van der Waals surface area contributed by atoms with Crippen LogP contribution in [-0.4, -0.2) is 4.92 Å².